The van der Waals surface area contributed by atoms with Crippen molar-refractivity contribution in [1.29, 1.82) is 0 Å². The zero-order valence-corrected chi connectivity index (χ0v) is 18.8. The molecule has 1 aliphatic rings. The van der Waals surface area contributed by atoms with Crippen LogP contribution in [0.5, 0.6) is 0 Å². The Labute approximate surface area is 176 Å². The largest absolute Gasteiger partial charge is 0.380 e. The maximum atomic E-state index is 12.7. The third-order valence-corrected chi connectivity index (χ3v) is 6.85. The molecule has 1 saturated heterocycles. The maximum Gasteiger partial charge on any atom is 0.243 e. The fraction of sp³-hybridized carbons (Fsp3) is 0.667. The lowest BCUT2D eigenvalue weighted by Crippen LogP contribution is -2.38. The zero-order valence-electron chi connectivity index (χ0n) is 18.0. The predicted molar refractivity (Wildman–Crippen MR) is 118 cm³/mol. The van der Waals surface area contributed by atoms with Crippen LogP contribution in [0.4, 0.5) is 0 Å². The molecule has 7 nitrogen and oxygen atoms in total. The second-order valence-electron chi connectivity index (χ2n) is 7.76. The molecule has 2 rings (SSSR count). The van der Waals surface area contributed by atoms with Crippen LogP contribution in [-0.2, 0) is 21.3 Å². The van der Waals surface area contributed by atoms with E-state index < -0.39 is 10.0 Å². The van der Waals surface area contributed by atoms with E-state index in [-0.39, 0.29) is 0 Å². The Hall–Kier alpha value is -1.64. The van der Waals surface area contributed by atoms with E-state index in [1.807, 2.05) is 12.1 Å². The molecule has 1 aliphatic heterocycles. The second kappa shape index (κ2) is 12.1. The molecular formula is C21H36N4O3S. The highest BCUT2D eigenvalue weighted by Gasteiger charge is 2.25. The molecule has 164 valence electrons. The molecule has 0 aromatic heterocycles. The fourth-order valence-corrected chi connectivity index (χ4v) is 4.62. The van der Waals surface area contributed by atoms with E-state index in [0.29, 0.717) is 49.6 Å². The van der Waals surface area contributed by atoms with Crippen LogP contribution in [-0.4, -0.2) is 58.6 Å². The average molecular weight is 425 g/mol. The highest BCUT2D eigenvalue weighted by Crippen LogP contribution is 2.20. The van der Waals surface area contributed by atoms with Crippen LogP contribution < -0.4 is 10.6 Å². The molecule has 2 N–H and O–H groups in total. The van der Waals surface area contributed by atoms with E-state index in [9.17, 15) is 8.42 Å². The maximum absolute atomic E-state index is 12.7. The number of hydrogen-bond acceptors (Lipinski definition) is 4. The molecule has 0 bridgehead atoms. The van der Waals surface area contributed by atoms with Gasteiger partial charge in [0.25, 0.3) is 0 Å². The second-order valence-corrected chi connectivity index (χ2v) is 9.69. The number of nitrogens with zero attached hydrogens (tertiary/aromatic N) is 2. The molecule has 0 amide bonds. The minimum absolute atomic E-state index is 0.365. The van der Waals surface area contributed by atoms with Crippen molar-refractivity contribution < 1.29 is 13.2 Å². The molecule has 1 fully saturated rings. The quantitative estimate of drug-likeness (QED) is 0.343. The van der Waals surface area contributed by atoms with Crippen LogP contribution in [0.25, 0.3) is 0 Å². The number of hydrogen-bond donors (Lipinski definition) is 2. The minimum Gasteiger partial charge on any atom is -0.380 e. The molecule has 8 heteroatoms. The first-order valence-electron chi connectivity index (χ1n) is 10.5. The first kappa shape index (κ1) is 23.6. The van der Waals surface area contributed by atoms with E-state index in [0.717, 1.165) is 37.9 Å². The van der Waals surface area contributed by atoms with Crippen molar-refractivity contribution >= 4 is 16.0 Å². The van der Waals surface area contributed by atoms with Gasteiger partial charge in [-0.2, -0.15) is 4.31 Å². The van der Waals surface area contributed by atoms with E-state index >= 15 is 0 Å². The van der Waals surface area contributed by atoms with E-state index in [1.54, 1.807) is 23.5 Å². The Morgan fingerprint density at radius 1 is 1.10 bits per heavy atom. The number of benzene rings is 1. The number of piperidine rings is 1. The van der Waals surface area contributed by atoms with Gasteiger partial charge in [-0.25, -0.2) is 8.42 Å². The van der Waals surface area contributed by atoms with Gasteiger partial charge in [0.2, 0.25) is 10.0 Å². The molecule has 0 saturated carbocycles. The molecule has 0 unspecified atom stereocenters. The van der Waals surface area contributed by atoms with Crippen molar-refractivity contribution in [2.45, 2.75) is 51.0 Å². The third-order valence-electron chi connectivity index (χ3n) is 4.94. The van der Waals surface area contributed by atoms with Crippen LogP contribution in [0.3, 0.4) is 0 Å². The normalized spacial score (nSPS) is 16.2. The van der Waals surface area contributed by atoms with Crippen LogP contribution in [0.15, 0.2) is 34.2 Å². The number of rotatable bonds is 10. The van der Waals surface area contributed by atoms with Gasteiger partial charge in [-0.1, -0.05) is 32.4 Å². The lowest BCUT2D eigenvalue weighted by Gasteiger charge is -2.25. The molecule has 0 aliphatic carbocycles. The van der Waals surface area contributed by atoms with Crippen molar-refractivity contribution in [1.82, 2.24) is 14.9 Å². The van der Waals surface area contributed by atoms with E-state index in [4.69, 9.17) is 4.74 Å². The topological polar surface area (TPSA) is 83.0 Å². The summed E-state index contributed by atoms with van der Waals surface area (Å²) in [6.45, 7) is 8.27. The molecule has 1 aromatic carbocycles. The molecule has 1 aromatic rings. The SMILES string of the molecule is CN=C(NCCOCCC(C)C)NCc1ccc(S(=O)(=O)N2CCCCC2)cc1. The van der Waals surface area contributed by atoms with Crippen LogP contribution in [0.1, 0.15) is 45.1 Å². The van der Waals surface area contributed by atoms with Crippen molar-refractivity contribution in [3.05, 3.63) is 29.8 Å². The molecule has 0 radical (unpaired) electrons. The first-order valence-corrected chi connectivity index (χ1v) is 12.0. The van der Waals surface area contributed by atoms with Gasteiger partial charge in [-0.15, -0.1) is 0 Å². The van der Waals surface area contributed by atoms with Gasteiger partial charge in [0, 0.05) is 39.8 Å². The summed E-state index contributed by atoms with van der Waals surface area (Å²) >= 11 is 0. The number of nitrogens with one attached hydrogen (secondary N) is 2. The lowest BCUT2D eigenvalue weighted by atomic mass is 10.1. The fourth-order valence-electron chi connectivity index (χ4n) is 3.10. The van der Waals surface area contributed by atoms with E-state index in [1.165, 1.54) is 0 Å². The Morgan fingerprint density at radius 2 is 1.79 bits per heavy atom. The highest BCUT2D eigenvalue weighted by atomic mass is 32.2. The summed E-state index contributed by atoms with van der Waals surface area (Å²) in [5.41, 5.74) is 0.999. The number of guanidine groups is 1. The number of sulfonamides is 1. The van der Waals surface area contributed by atoms with Gasteiger partial charge in [-0.05, 0) is 42.9 Å². The summed E-state index contributed by atoms with van der Waals surface area (Å²) in [4.78, 5) is 4.57. The summed E-state index contributed by atoms with van der Waals surface area (Å²) in [7, 11) is -1.65. The first-order chi connectivity index (χ1) is 13.9. The van der Waals surface area contributed by atoms with Gasteiger partial charge >= 0.3 is 0 Å². The summed E-state index contributed by atoms with van der Waals surface area (Å²) in [5.74, 6) is 1.35. The summed E-state index contributed by atoms with van der Waals surface area (Å²) in [6, 6.07) is 7.09. The third kappa shape index (κ3) is 7.95. The Bertz CT molecular complexity index is 727. The molecule has 0 atom stereocenters. The highest BCUT2D eigenvalue weighted by molar-refractivity contribution is 7.89. The van der Waals surface area contributed by atoms with Gasteiger partial charge in [0.05, 0.1) is 11.5 Å². The molecule has 0 spiro atoms. The standard InChI is InChI=1S/C21H36N4O3S/c1-18(2)11-15-28-16-12-23-21(22-3)24-17-19-7-9-20(10-8-19)29(26,27)25-13-5-4-6-14-25/h7-10,18H,4-6,11-17H2,1-3H3,(H2,22,23,24). The van der Waals surface area contributed by atoms with Gasteiger partial charge in [0.15, 0.2) is 5.96 Å². The van der Waals surface area contributed by atoms with Crippen molar-refractivity contribution in [3.63, 3.8) is 0 Å². The van der Waals surface area contributed by atoms with Crippen LogP contribution >= 0.6 is 0 Å². The van der Waals surface area contributed by atoms with Gasteiger partial charge < -0.3 is 15.4 Å². The average Bonchev–Trinajstić information content (AvgIpc) is 2.73. The van der Waals surface area contributed by atoms with Gasteiger partial charge in [-0.3, -0.25) is 4.99 Å². The van der Waals surface area contributed by atoms with E-state index in [2.05, 4.69) is 29.5 Å². The van der Waals surface area contributed by atoms with Crippen molar-refractivity contribution in [2.24, 2.45) is 10.9 Å². The smallest absolute Gasteiger partial charge is 0.243 e. The summed E-state index contributed by atoms with van der Waals surface area (Å²) in [6.07, 6.45) is 4.05. The monoisotopic (exact) mass is 424 g/mol. The lowest BCUT2D eigenvalue weighted by molar-refractivity contribution is 0.128. The Balaban J connectivity index is 1.77. The Kier molecular flexibility index (Phi) is 9.90. The molecular weight excluding hydrogens is 388 g/mol. The van der Waals surface area contributed by atoms with Crippen LogP contribution in [0.2, 0.25) is 0 Å². The van der Waals surface area contributed by atoms with Crippen molar-refractivity contribution in [2.75, 3.05) is 39.9 Å². The van der Waals surface area contributed by atoms with Crippen LogP contribution in [0, 0.1) is 5.92 Å². The summed E-state index contributed by atoms with van der Waals surface area (Å²) < 4.78 is 32.6. The number of aliphatic imine (C=N–C) groups is 1. The molecule has 29 heavy (non-hydrogen) atoms. The zero-order chi connectivity index (χ0) is 21.1. The minimum atomic E-state index is -3.38. The van der Waals surface area contributed by atoms with Crippen molar-refractivity contribution in [3.8, 4) is 0 Å². The molecule has 1 heterocycles. The summed E-state index contributed by atoms with van der Waals surface area (Å²) in [5, 5.41) is 6.46. The predicted octanol–water partition coefficient (Wildman–Crippen LogP) is 2.59. The Morgan fingerprint density at radius 3 is 2.41 bits per heavy atom. The van der Waals surface area contributed by atoms with Gasteiger partial charge in [0.1, 0.15) is 0 Å². The number of ether oxygens (including phenoxy) is 1.